The number of hydrogen-bond acceptors (Lipinski definition) is 7. The van der Waals surface area contributed by atoms with E-state index in [0.717, 1.165) is 16.2 Å². The highest BCUT2D eigenvalue weighted by Crippen LogP contribution is 2.45. The third-order valence-electron chi connectivity index (χ3n) is 5.54. The van der Waals surface area contributed by atoms with E-state index in [2.05, 4.69) is 9.97 Å². The van der Waals surface area contributed by atoms with Gasteiger partial charge >= 0.3 is 5.91 Å². The SMILES string of the molecule is CCOc1ccc(Cl)c(/C(O)=C2\C(=O)C(=O)N(c3nc4cc(Cl)c(F)cc4s3)C2c2ccccn2)c1. The van der Waals surface area contributed by atoms with E-state index in [1.807, 2.05) is 0 Å². The molecule has 2 aromatic heterocycles. The molecular weight excluding hydrogens is 528 g/mol. The molecule has 1 N–H and O–H groups in total. The summed E-state index contributed by atoms with van der Waals surface area (Å²) in [6.45, 7) is 2.18. The maximum absolute atomic E-state index is 14.0. The van der Waals surface area contributed by atoms with Gasteiger partial charge in [-0.15, -0.1) is 0 Å². The number of ketones is 1. The number of Topliss-reactive ketones (excluding diaryl/α,β-unsaturated/α-hetero) is 1. The summed E-state index contributed by atoms with van der Waals surface area (Å²) in [5, 5.41) is 11.5. The molecule has 1 aliphatic rings. The molecule has 0 saturated carbocycles. The molecule has 1 aliphatic heterocycles. The number of carbonyl (C=O) groups is 2. The molecule has 5 rings (SSSR count). The van der Waals surface area contributed by atoms with Crippen molar-refractivity contribution in [1.82, 2.24) is 9.97 Å². The highest BCUT2D eigenvalue weighted by Gasteiger charge is 2.49. The lowest BCUT2D eigenvalue weighted by molar-refractivity contribution is -0.132. The van der Waals surface area contributed by atoms with Gasteiger partial charge in [0.25, 0.3) is 5.78 Å². The van der Waals surface area contributed by atoms with Crippen molar-refractivity contribution >= 4 is 67.3 Å². The van der Waals surface area contributed by atoms with Crippen LogP contribution in [0.25, 0.3) is 16.0 Å². The number of carbonyl (C=O) groups excluding carboxylic acids is 2. The minimum atomic E-state index is -1.11. The van der Waals surface area contributed by atoms with Gasteiger partial charge in [-0.2, -0.15) is 0 Å². The number of thiazole rings is 1. The van der Waals surface area contributed by atoms with Crippen LogP contribution in [0.4, 0.5) is 9.52 Å². The van der Waals surface area contributed by atoms with E-state index in [4.69, 9.17) is 27.9 Å². The highest BCUT2D eigenvalue weighted by atomic mass is 35.5. The first-order valence-corrected chi connectivity index (χ1v) is 12.3. The minimum absolute atomic E-state index is 0.119. The average molecular weight is 544 g/mol. The van der Waals surface area contributed by atoms with Crippen LogP contribution in [-0.2, 0) is 9.59 Å². The fourth-order valence-electron chi connectivity index (χ4n) is 3.95. The van der Waals surface area contributed by atoms with E-state index in [-0.39, 0.29) is 26.3 Å². The van der Waals surface area contributed by atoms with Crippen molar-refractivity contribution < 1.29 is 23.8 Å². The van der Waals surface area contributed by atoms with Gasteiger partial charge in [-0.25, -0.2) is 9.37 Å². The van der Waals surface area contributed by atoms with Crippen LogP contribution < -0.4 is 9.64 Å². The Morgan fingerprint density at radius 2 is 1.97 bits per heavy atom. The molecule has 1 fully saturated rings. The molecule has 3 heterocycles. The van der Waals surface area contributed by atoms with E-state index in [1.165, 1.54) is 30.5 Å². The molecule has 1 amide bonds. The van der Waals surface area contributed by atoms with Gasteiger partial charge in [-0.3, -0.25) is 19.5 Å². The van der Waals surface area contributed by atoms with Gasteiger partial charge in [0.1, 0.15) is 23.4 Å². The summed E-state index contributed by atoms with van der Waals surface area (Å²) in [6, 6.07) is 11.1. The molecule has 11 heteroatoms. The van der Waals surface area contributed by atoms with Gasteiger partial charge in [-0.05, 0) is 49.4 Å². The van der Waals surface area contributed by atoms with Crippen molar-refractivity contribution in [1.29, 1.82) is 0 Å². The first kappa shape index (κ1) is 24.2. The van der Waals surface area contributed by atoms with Crippen molar-refractivity contribution in [3.05, 3.63) is 87.4 Å². The Morgan fingerprint density at radius 1 is 1.17 bits per heavy atom. The largest absolute Gasteiger partial charge is 0.507 e. The fourth-order valence-corrected chi connectivity index (χ4v) is 5.31. The summed E-state index contributed by atoms with van der Waals surface area (Å²) in [5.41, 5.74) is 0.590. The summed E-state index contributed by atoms with van der Waals surface area (Å²) in [6.07, 6.45) is 1.51. The number of hydrogen-bond donors (Lipinski definition) is 1. The number of rotatable bonds is 5. The predicted octanol–water partition coefficient (Wildman–Crippen LogP) is 6.16. The topological polar surface area (TPSA) is 92.6 Å². The number of nitrogens with zero attached hydrogens (tertiary/aromatic N) is 3. The fraction of sp³-hybridized carbons (Fsp3) is 0.120. The number of aliphatic hydroxyl groups is 1. The lowest BCUT2D eigenvalue weighted by Crippen LogP contribution is -2.29. The summed E-state index contributed by atoms with van der Waals surface area (Å²) in [4.78, 5) is 36.5. The number of ether oxygens (including phenoxy) is 1. The van der Waals surface area contributed by atoms with Crippen LogP contribution in [0.1, 0.15) is 24.2 Å². The Bertz CT molecular complexity index is 1520. The van der Waals surface area contributed by atoms with Crippen LogP contribution in [0.5, 0.6) is 5.75 Å². The van der Waals surface area contributed by atoms with Gasteiger partial charge in [0.05, 0.1) is 38.1 Å². The standard InChI is InChI=1S/C25H16Cl2FN3O4S/c1-2-35-12-6-7-14(26)13(9-12)22(32)20-21(17-5-3-4-8-29-17)31(24(34)23(20)33)25-30-18-10-15(27)16(28)11-19(18)36-25/h3-11,21,32H,2H2,1H3/b22-20+. The van der Waals surface area contributed by atoms with Crippen LogP contribution >= 0.6 is 34.5 Å². The number of amides is 1. The number of pyridine rings is 1. The van der Waals surface area contributed by atoms with Crippen molar-refractivity contribution in [2.75, 3.05) is 11.5 Å². The average Bonchev–Trinajstić information content (AvgIpc) is 3.38. The molecule has 2 aromatic carbocycles. The lowest BCUT2D eigenvalue weighted by atomic mass is 9.98. The summed E-state index contributed by atoms with van der Waals surface area (Å²) in [5.74, 6) is -2.55. The summed E-state index contributed by atoms with van der Waals surface area (Å²) >= 11 is 13.3. The Morgan fingerprint density at radius 3 is 2.69 bits per heavy atom. The van der Waals surface area contributed by atoms with E-state index in [1.54, 1.807) is 31.2 Å². The van der Waals surface area contributed by atoms with Crippen molar-refractivity contribution in [2.45, 2.75) is 13.0 Å². The molecule has 0 bridgehead atoms. The van der Waals surface area contributed by atoms with Crippen LogP contribution in [0.3, 0.4) is 0 Å². The van der Waals surface area contributed by atoms with Crippen molar-refractivity contribution in [3.8, 4) is 5.75 Å². The quantitative estimate of drug-likeness (QED) is 0.184. The Balaban J connectivity index is 1.73. The summed E-state index contributed by atoms with van der Waals surface area (Å²) < 4.78 is 20.0. The Labute approximate surface area is 218 Å². The Hall–Kier alpha value is -3.53. The molecule has 36 heavy (non-hydrogen) atoms. The number of halogens is 3. The molecule has 7 nitrogen and oxygen atoms in total. The molecule has 0 radical (unpaired) electrons. The second-order valence-corrected chi connectivity index (χ2v) is 9.55. The second kappa shape index (κ2) is 9.50. The van der Waals surface area contributed by atoms with Gasteiger partial charge in [0.15, 0.2) is 5.13 Å². The van der Waals surface area contributed by atoms with E-state index >= 15 is 0 Å². The van der Waals surface area contributed by atoms with Crippen LogP contribution in [0.15, 0.2) is 60.3 Å². The van der Waals surface area contributed by atoms with Gasteiger partial charge in [0, 0.05) is 11.8 Å². The normalized spacial score (nSPS) is 17.2. The zero-order valence-corrected chi connectivity index (χ0v) is 20.9. The molecule has 1 unspecified atom stereocenters. The van der Waals surface area contributed by atoms with E-state index in [9.17, 15) is 19.1 Å². The van der Waals surface area contributed by atoms with Gasteiger partial charge < -0.3 is 9.84 Å². The zero-order valence-electron chi connectivity index (χ0n) is 18.5. The van der Waals surface area contributed by atoms with Crippen molar-refractivity contribution in [2.24, 2.45) is 0 Å². The predicted molar refractivity (Wildman–Crippen MR) is 136 cm³/mol. The Kier molecular flexibility index (Phi) is 6.38. The molecule has 182 valence electrons. The molecule has 1 saturated heterocycles. The van der Waals surface area contributed by atoms with E-state index in [0.29, 0.717) is 28.3 Å². The second-order valence-electron chi connectivity index (χ2n) is 7.73. The van der Waals surface area contributed by atoms with E-state index < -0.39 is 29.3 Å². The van der Waals surface area contributed by atoms with Crippen LogP contribution in [0, 0.1) is 5.82 Å². The number of aromatic nitrogens is 2. The maximum atomic E-state index is 14.0. The lowest BCUT2D eigenvalue weighted by Gasteiger charge is -2.22. The van der Waals surface area contributed by atoms with Crippen LogP contribution in [0.2, 0.25) is 10.0 Å². The first-order valence-electron chi connectivity index (χ1n) is 10.7. The van der Waals surface area contributed by atoms with Crippen LogP contribution in [-0.4, -0.2) is 33.4 Å². The minimum Gasteiger partial charge on any atom is -0.507 e. The maximum Gasteiger partial charge on any atom is 0.301 e. The molecule has 0 aliphatic carbocycles. The summed E-state index contributed by atoms with van der Waals surface area (Å²) in [7, 11) is 0. The number of fused-ring (bicyclic) bond motifs is 1. The highest BCUT2D eigenvalue weighted by molar-refractivity contribution is 7.22. The number of benzene rings is 2. The monoisotopic (exact) mass is 543 g/mol. The third-order valence-corrected chi connectivity index (χ3v) is 7.18. The molecular formula is C25H16Cl2FN3O4S. The van der Waals surface area contributed by atoms with Gasteiger partial charge in [-0.1, -0.05) is 40.6 Å². The molecule has 0 spiro atoms. The third kappa shape index (κ3) is 4.09. The zero-order chi connectivity index (χ0) is 25.6. The first-order chi connectivity index (χ1) is 17.3. The smallest absolute Gasteiger partial charge is 0.301 e. The van der Waals surface area contributed by atoms with Gasteiger partial charge in [0.2, 0.25) is 0 Å². The number of anilines is 1. The molecule has 1 atom stereocenters. The number of aliphatic hydroxyl groups excluding tert-OH is 1. The van der Waals surface area contributed by atoms with Crippen molar-refractivity contribution in [3.63, 3.8) is 0 Å². The molecule has 4 aromatic rings.